The molecule has 13 nitrogen and oxygen atoms in total. The van der Waals surface area contributed by atoms with Crippen LogP contribution in [0.5, 0.6) is 17.2 Å². The number of para-hydroxylation sites is 1. The molecule has 4 aromatic rings. The van der Waals surface area contributed by atoms with Crippen molar-refractivity contribution < 1.29 is 41.6 Å². The number of carbonyl (C=O) groups is 2. The second-order valence-electron chi connectivity index (χ2n) is 13.4. The van der Waals surface area contributed by atoms with Crippen LogP contribution >= 0.6 is 29.6 Å². The number of phosphoric ester groups is 1. The van der Waals surface area contributed by atoms with Crippen molar-refractivity contribution in [2.75, 3.05) is 87.4 Å². The highest BCUT2D eigenvalue weighted by molar-refractivity contribution is 8.32. The summed E-state index contributed by atoms with van der Waals surface area (Å²) in [6.45, 7) is 2.55. The first kappa shape index (κ1) is 41.2. The summed E-state index contributed by atoms with van der Waals surface area (Å²) in [5.41, 5.74) is 2.66. The molecule has 1 N–H and O–H groups in total. The minimum atomic E-state index is -3.97. The van der Waals surface area contributed by atoms with Gasteiger partial charge in [0, 0.05) is 67.4 Å². The summed E-state index contributed by atoms with van der Waals surface area (Å²) in [6, 6.07) is 14.8. The minimum absolute atomic E-state index is 0.163. The third kappa shape index (κ3) is 11.0. The molecule has 5 rings (SSSR count). The molecule has 54 heavy (non-hydrogen) atoms. The van der Waals surface area contributed by atoms with Gasteiger partial charge < -0.3 is 24.1 Å². The normalized spacial score (nSPS) is 14.7. The van der Waals surface area contributed by atoms with E-state index in [1.807, 2.05) is 49.6 Å². The number of ether oxygens (including phenoxy) is 2. The van der Waals surface area contributed by atoms with E-state index in [2.05, 4.69) is 29.1 Å². The number of likely N-dealkylation sites (N-methyl/N-ethyl adjacent to an activating group) is 1. The van der Waals surface area contributed by atoms with Gasteiger partial charge in [0.2, 0.25) is 11.8 Å². The van der Waals surface area contributed by atoms with Crippen LogP contribution in [0.2, 0.25) is 0 Å². The number of hydrogen-bond donors (Lipinski definition) is 1. The third-order valence-corrected chi connectivity index (χ3v) is 11.8. The van der Waals surface area contributed by atoms with Gasteiger partial charge in [-0.1, -0.05) is 18.2 Å². The Morgan fingerprint density at radius 1 is 1.11 bits per heavy atom. The number of pyridine rings is 1. The number of nitrogens with one attached hydrogen (secondary N) is 1. The van der Waals surface area contributed by atoms with Crippen LogP contribution in [0, 0.1) is 6.92 Å². The number of aryl methyl sites for hydroxylation is 1. The largest absolute Gasteiger partial charge is 0.497 e. The molecule has 1 unspecified atom stereocenters. The fraction of sp³-hybridized carbons (Fsp3) is 0.395. The summed E-state index contributed by atoms with van der Waals surface area (Å²) in [6.07, 6.45) is 13.2. The van der Waals surface area contributed by atoms with Gasteiger partial charge in [0.1, 0.15) is 24.0 Å². The molecule has 2 aromatic carbocycles. The van der Waals surface area contributed by atoms with Crippen molar-refractivity contribution in [3.8, 4) is 17.2 Å². The van der Waals surface area contributed by atoms with Gasteiger partial charge >= 0.3 is 7.82 Å². The fourth-order valence-electron chi connectivity index (χ4n) is 5.41. The number of amides is 2. The highest BCUT2D eigenvalue weighted by atomic mass is 32.3. The maximum atomic E-state index is 13.6. The second kappa shape index (κ2) is 18.6. The monoisotopic (exact) mass is 800 g/mol. The molecule has 1 aliphatic rings. The van der Waals surface area contributed by atoms with Gasteiger partial charge in [-0.15, -0.1) is 0 Å². The van der Waals surface area contributed by atoms with Crippen molar-refractivity contribution in [2.45, 2.75) is 19.9 Å². The van der Waals surface area contributed by atoms with E-state index in [9.17, 15) is 14.2 Å². The average Bonchev–Trinajstić information content (AvgIpc) is 3.36. The zero-order chi connectivity index (χ0) is 38.9. The minimum Gasteiger partial charge on any atom is -0.497 e. The molecule has 2 amide bonds. The number of furan rings is 1. The summed E-state index contributed by atoms with van der Waals surface area (Å²) in [4.78, 5) is 33.9. The Morgan fingerprint density at radius 2 is 1.87 bits per heavy atom. The van der Waals surface area contributed by atoms with Gasteiger partial charge in [0.15, 0.2) is 17.2 Å². The number of rotatable bonds is 18. The standard InChI is InChI=1S/C38H49N4O9PS2/c1-27-32(31-12-9-13-34(37(31)50-27)51-30-11-8-10-29(23-30)46-3)25-41(2)35(43)15-14-28-22-33-38(40-24-28)42(36(44)16-17-39-33)26-49-52(45,47-18-20-53-4)48-19-21-54(5,6)7/h8-15,22-24,39H,16-21,25-26H2,1-7H3/b15-14+. The van der Waals surface area contributed by atoms with Gasteiger partial charge in [-0.25, -0.2) is 19.6 Å². The highest BCUT2D eigenvalue weighted by Gasteiger charge is 2.32. The van der Waals surface area contributed by atoms with E-state index in [-0.39, 0.29) is 38.2 Å². The van der Waals surface area contributed by atoms with Gasteiger partial charge in [-0.2, -0.15) is 11.8 Å². The second-order valence-corrected chi connectivity index (χ2v) is 20.6. The number of hydrogen-bond acceptors (Lipinski definition) is 12. The van der Waals surface area contributed by atoms with Gasteiger partial charge in [0.25, 0.3) is 0 Å². The van der Waals surface area contributed by atoms with Crippen molar-refractivity contribution in [1.82, 2.24) is 9.88 Å². The predicted molar refractivity (Wildman–Crippen MR) is 218 cm³/mol. The van der Waals surface area contributed by atoms with Crippen LogP contribution in [0.3, 0.4) is 0 Å². The van der Waals surface area contributed by atoms with Gasteiger partial charge in [0.05, 0.1) is 26.0 Å². The molecule has 2 aromatic heterocycles. The van der Waals surface area contributed by atoms with E-state index in [4.69, 9.17) is 27.5 Å². The van der Waals surface area contributed by atoms with Crippen LogP contribution in [0.15, 0.2) is 65.2 Å². The lowest BCUT2D eigenvalue weighted by atomic mass is 10.1. The Balaban J connectivity index is 1.26. The van der Waals surface area contributed by atoms with Crippen molar-refractivity contribution in [1.29, 1.82) is 0 Å². The first-order chi connectivity index (χ1) is 25.8. The van der Waals surface area contributed by atoms with Crippen molar-refractivity contribution in [3.05, 3.63) is 77.7 Å². The molecule has 0 saturated carbocycles. The van der Waals surface area contributed by atoms with Crippen LogP contribution in [0.1, 0.15) is 23.3 Å². The lowest BCUT2D eigenvalue weighted by Gasteiger charge is -2.27. The quantitative estimate of drug-likeness (QED) is 0.0594. The maximum absolute atomic E-state index is 13.6. The molecule has 0 saturated heterocycles. The molecule has 0 spiro atoms. The summed E-state index contributed by atoms with van der Waals surface area (Å²) < 4.78 is 48.2. The van der Waals surface area contributed by atoms with E-state index < -0.39 is 17.9 Å². The summed E-state index contributed by atoms with van der Waals surface area (Å²) >= 11 is 1.55. The van der Waals surface area contributed by atoms with Crippen molar-refractivity contribution in [3.63, 3.8) is 0 Å². The van der Waals surface area contributed by atoms with E-state index in [0.717, 1.165) is 16.7 Å². The van der Waals surface area contributed by atoms with Gasteiger partial charge in [-0.05, 0) is 67.9 Å². The van der Waals surface area contributed by atoms with Crippen molar-refractivity contribution in [2.24, 2.45) is 0 Å². The topological polar surface area (TPSA) is 142 Å². The molecule has 292 valence electrons. The summed E-state index contributed by atoms with van der Waals surface area (Å²) in [5.74, 6) is 3.67. The molecular weight excluding hydrogens is 752 g/mol. The molecule has 0 radical (unpaired) electrons. The van der Waals surface area contributed by atoms with E-state index in [1.165, 1.54) is 11.0 Å². The first-order valence-electron chi connectivity index (χ1n) is 17.3. The third-order valence-electron chi connectivity index (χ3n) is 8.37. The fourth-order valence-corrected chi connectivity index (χ4v) is 7.60. The molecule has 3 heterocycles. The van der Waals surface area contributed by atoms with Crippen LogP contribution in [-0.4, -0.2) is 98.9 Å². The smallest absolute Gasteiger partial charge is 0.476 e. The zero-order valence-corrected chi connectivity index (χ0v) is 34.3. The lowest BCUT2D eigenvalue weighted by molar-refractivity contribution is -0.125. The van der Waals surface area contributed by atoms with Gasteiger partial charge in [-0.3, -0.25) is 28.1 Å². The molecule has 0 aliphatic carbocycles. The molecule has 0 fully saturated rings. The highest BCUT2D eigenvalue weighted by Crippen LogP contribution is 2.51. The average molecular weight is 801 g/mol. The molecule has 0 bridgehead atoms. The molecule has 16 heteroatoms. The SMILES string of the molecule is COc1cccc(Oc2cccc3c(CN(C)C(=O)/C=C/c4cnc5c(c4)NCCC(=O)N5COP(=O)(OCCSC)OCCS(C)(C)C)c(C)oc23)c1. The molecule has 1 atom stereocenters. The Kier molecular flexibility index (Phi) is 14.2. The molecular formula is C38H49N4O9PS2. The molecule has 1 aliphatic heterocycles. The van der Waals surface area contributed by atoms with E-state index in [1.54, 1.807) is 55.2 Å². The summed E-state index contributed by atoms with van der Waals surface area (Å²) in [5, 5.41) is 4.08. The number of carbonyl (C=O) groups excluding carboxylic acids is 2. The number of methoxy groups -OCH3 is 1. The number of thioether (sulfide) groups is 1. The number of nitrogens with zero attached hydrogens (tertiary/aromatic N) is 3. The Hall–Kier alpha value is -3.98. The zero-order valence-electron chi connectivity index (χ0n) is 31.8. The number of benzene rings is 2. The Bertz CT molecular complexity index is 2020. The number of phosphoric acid groups is 1. The van der Waals surface area contributed by atoms with Crippen molar-refractivity contribution >= 4 is 70.0 Å². The number of aromatic nitrogens is 1. The van der Waals surface area contributed by atoms with E-state index in [0.29, 0.717) is 64.5 Å². The van der Waals surface area contributed by atoms with E-state index >= 15 is 0 Å². The van der Waals surface area contributed by atoms with Crippen LogP contribution in [0.25, 0.3) is 17.0 Å². The first-order valence-corrected chi connectivity index (χ1v) is 23.2. The lowest BCUT2D eigenvalue weighted by Crippen LogP contribution is -2.33. The van der Waals surface area contributed by atoms with Crippen LogP contribution in [0.4, 0.5) is 11.5 Å². The predicted octanol–water partition coefficient (Wildman–Crippen LogP) is 7.93. The maximum Gasteiger partial charge on any atom is 0.476 e. The van der Waals surface area contributed by atoms with Crippen LogP contribution in [-0.2, 0) is 34.3 Å². The number of fused-ring (bicyclic) bond motifs is 2. The van der Waals surface area contributed by atoms with Crippen LogP contribution < -0.4 is 19.7 Å². The Morgan fingerprint density at radius 3 is 2.63 bits per heavy atom. The number of anilines is 2. The Labute approximate surface area is 322 Å². The summed E-state index contributed by atoms with van der Waals surface area (Å²) in [7, 11) is -1.54.